The predicted molar refractivity (Wildman–Crippen MR) is 113 cm³/mol. The molecular weight excluding hydrogens is 386 g/mol. The molecule has 1 aliphatic rings. The third-order valence-corrected chi connectivity index (χ3v) is 6.98. The van der Waals surface area contributed by atoms with Crippen molar-refractivity contribution in [2.24, 2.45) is 0 Å². The van der Waals surface area contributed by atoms with Crippen LogP contribution in [0.15, 0.2) is 70.4 Å². The number of aromatic nitrogens is 1. The number of nitrogens with zero attached hydrogens (tertiary/aromatic N) is 2. The van der Waals surface area contributed by atoms with Gasteiger partial charge in [-0.05, 0) is 67.6 Å². The van der Waals surface area contributed by atoms with Crippen molar-refractivity contribution in [2.45, 2.75) is 43.5 Å². The van der Waals surface area contributed by atoms with Gasteiger partial charge in [0, 0.05) is 6.04 Å². The first-order valence-electron chi connectivity index (χ1n) is 9.93. The van der Waals surface area contributed by atoms with E-state index in [9.17, 15) is 8.42 Å². The molecule has 1 aromatic heterocycles. The molecule has 0 saturated heterocycles. The Kier molecular flexibility index (Phi) is 5.69. The van der Waals surface area contributed by atoms with Gasteiger partial charge in [-0.15, -0.1) is 0 Å². The lowest BCUT2D eigenvalue weighted by Gasteiger charge is -2.28. The first-order chi connectivity index (χ1) is 14.1. The van der Waals surface area contributed by atoms with E-state index in [4.69, 9.17) is 4.42 Å². The number of fused-ring (bicyclic) bond motifs is 1. The Morgan fingerprint density at radius 2 is 2.00 bits per heavy atom. The van der Waals surface area contributed by atoms with E-state index < -0.39 is 10.0 Å². The summed E-state index contributed by atoms with van der Waals surface area (Å²) >= 11 is 0. The second-order valence-corrected chi connectivity index (χ2v) is 9.06. The lowest BCUT2D eigenvalue weighted by atomic mass is 9.88. The third kappa shape index (κ3) is 4.06. The molecule has 3 aromatic rings. The molecule has 1 aliphatic carbocycles. The van der Waals surface area contributed by atoms with Crippen molar-refractivity contribution in [3.63, 3.8) is 0 Å². The number of sulfonamides is 1. The van der Waals surface area contributed by atoms with Crippen molar-refractivity contribution in [1.82, 2.24) is 10.3 Å². The number of hydrogen-bond acceptors (Lipinski definition) is 5. The minimum atomic E-state index is -3.84. The zero-order valence-corrected chi connectivity index (χ0v) is 17.2. The molecule has 152 valence electrons. The summed E-state index contributed by atoms with van der Waals surface area (Å²) in [7, 11) is -3.84. The number of nitrogens with one attached hydrogen (secondary N) is 1. The molecule has 0 saturated carbocycles. The highest BCUT2D eigenvalue weighted by Crippen LogP contribution is 2.35. The van der Waals surface area contributed by atoms with Crippen molar-refractivity contribution in [3.05, 3.63) is 72.2 Å². The van der Waals surface area contributed by atoms with E-state index in [1.807, 2.05) is 18.2 Å². The Bertz CT molecular complexity index is 1050. The molecular formula is C22H25N3O3S. The maximum atomic E-state index is 13.4. The zero-order chi connectivity index (χ0) is 20.3. The van der Waals surface area contributed by atoms with Crippen LogP contribution in [0.2, 0.25) is 0 Å². The number of hydrogen-bond donors (Lipinski definition) is 1. The van der Waals surface area contributed by atoms with Crippen molar-refractivity contribution < 1.29 is 12.8 Å². The Morgan fingerprint density at radius 3 is 2.72 bits per heavy atom. The van der Waals surface area contributed by atoms with Crippen molar-refractivity contribution in [1.29, 1.82) is 0 Å². The van der Waals surface area contributed by atoms with Gasteiger partial charge in [-0.3, -0.25) is 0 Å². The Balaban J connectivity index is 1.70. The van der Waals surface area contributed by atoms with Crippen LogP contribution in [0.5, 0.6) is 0 Å². The molecule has 6 nitrogen and oxygen atoms in total. The smallest absolute Gasteiger partial charge is 0.271 e. The van der Waals surface area contributed by atoms with E-state index in [1.165, 1.54) is 28.0 Å². The molecule has 1 N–H and O–H groups in total. The summed E-state index contributed by atoms with van der Waals surface area (Å²) in [6, 6.07) is 14.7. The molecule has 4 rings (SSSR count). The van der Waals surface area contributed by atoms with Crippen LogP contribution in [0.25, 0.3) is 0 Å². The maximum Gasteiger partial charge on any atom is 0.271 e. The van der Waals surface area contributed by atoms with Crippen LogP contribution in [-0.4, -0.2) is 26.0 Å². The van der Waals surface area contributed by atoms with Gasteiger partial charge >= 0.3 is 0 Å². The van der Waals surface area contributed by atoms with E-state index in [0.717, 1.165) is 32.2 Å². The molecule has 1 atom stereocenters. The van der Waals surface area contributed by atoms with E-state index in [2.05, 4.69) is 17.2 Å². The summed E-state index contributed by atoms with van der Waals surface area (Å²) in [5.41, 5.74) is 3.01. The maximum absolute atomic E-state index is 13.4. The highest BCUT2D eigenvalue weighted by Gasteiger charge is 2.30. The number of rotatable bonds is 7. The summed E-state index contributed by atoms with van der Waals surface area (Å²) in [6.45, 7) is 3.19. The molecule has 0 aliphatic heterocycles. The Labute approximate surface area is 171 Å². The minimum Gasteiger partial charge on any atom is -0.427 e. The number of aryl methyl sites for hydroxylation is 1. The normalized spacial score (nSPS) is 16.4. The average Bonchev–Trinajstić information content (AvgIpc) is 3.27. The summed E-state index contributed by atoms with van der Waals surface area (Å²) in [4.78, 5) is 4.13. The van der Waals surface area contributed by atoms with E-state index in [-0.39, 0.29) is 10.8 Å². The third-order valence-electron chi connectivity index (χ3n) is 5.24. The molecule has 0 fully saturated rings. The first kappa shape index (κ1) is 19.7. The van der Waals surface area contributed by atoms with Crippen LogP contribution in [0.4, 0.5) is 11.6 Å². The van der Waals surface area contributed by atoms with E-state index in [1.54, 1.807) is 30.3 Å². The predicted octanol–water partition coefficient (Wildman–Crippen LogP) is 4.06. The standard InChI is InChI=1S/C22H25N3O3S/c1-2-12-24-19-10-8-18-14-20(11-9-17(18)13-19)25(22-15-23-16-28-22)29(26,27)21-6-4-3-5-7-21/h3-7,9,11,14-16,19,24H,2,8,10,12-13H2,1H3/t19-/m1/s1. The first-order valence-corrected chi connectivity index (χ1v) is 11.4. The van der Waals surface area contributed by atoms with Gasteiger partial charge in [0.05, 0.1) is 16.8 Å². The van der Waals surface area contributed by atoms with Gasteiger partial charge in [-0.1, -0.05) is 31.2 Å². The largest absolute Gasteiger partial charge is 0.427 e. The van der Waals surface area contributed by atoms with Crippen LogP contribution >= 0.6 is 0 Å². The van der Waals surface area contributed by atoms with Gasteiger partial charge in [0.1, 0.15) is 0 Å². The molecule has 1 heterocycles. The van der Waals surface area contributed by atoms with Crippen LogP contribution in [0, 0.1) is 0 Å². The summed E-state index contributed by atoms with van der Waals surface area (Å²) in [5, 5.41) is 3.59. The summed E-state index contributed by atoms with van der Waals surface area (Å²) in [6.07, 6.45) is 6.70. The Morgan fingerprint density at radius 1 is 1.17 bits per heavy atom. The van der Waals surface area contributed by atoms with Gasteiger partial charge in [-0.25, -0.2) is 17.7 Å². The minimum absolute atomic E-state index is 0.173. The number of anilines is 2. The van der Waals surface area contributed by atoms with Gasteiger partial charge in [-0.2, -0.15) is 0 Å². The van der Waals surface area contributed by atoms with Gasteiger partial charge < -0.3 is 9.73 Å². The molecule has 0 radical (unpaired) electrons. The fraction of sp³-hybridized carbons (Fsp3) is 0.318. The van der Waals surface area contributed by atoms with Gasteiger partial charge in [0.15, 0.2) is 6.39 Å². The lowest BCUT2D eigenvalue weighted by molar-refractivity contribution is 0.459. The van der Waals surface area contributed by atoms with E-state index in [0.29, 0.717) is 11.7 Å². The second kappa shape index (κ2) is 8.39. The van der Waals surface area contributed by atoms with Crippen molar-refractivity contribution >= 4 is 21.6 Å². The quantitative estimate of drug-likeness (QED) is 0.635. The van der Waals surface area contributed by atoms with Crippen LogP contribution in [0.3, 0.4) is 0 Å². The average molecular weight is 412 g/mol. The van der Waals surface area contributed by atoms with Gasteiger partial charge in [0.25, 0.3) is 10.0 Å². The molecule has 7 heteroatoms. The topological polar surface area (TPSA) is 75.4 Å². The lowest BCUT2D eigenvalue weighted by Crippen LogP contribution is -2.35. The van der Waals surface area contributed by atoms with Crippen LogP contribution < -0.4 is 9.62 Å². The molecule has 0 unspecified atom stereocenters. The summed E-state index contributed by atoms with van der Waals surface area (Å²) in [5.74, 6) is 0.173. The monoisotopic (exact) mass is 411 g/mol. The fourth-order valence-corrected chi connectivity index (χ4v) is 5.21. The molecule has 29 heavy (non-hydrogen) atoms. The SMILES string of the molecule is CCCN[C@@H]1CCc2cc(N(c3cnco3)S(=O)(=O)c3ccccc3)ccc2C1. The van der Waals surface area contributed by atoms with Crippen molar-refractivity contribution in [2.75, 3.05) is 10.8 Å². The van der Waals surface area contributed by atoms with Crippen LogP contribution in [-0.2, 0) is 22.9 Å². The zero-order valence-electron chi connectivity index (χ0n) is 16.4. The fourth-order valence-electron chi connectivity index (χ4n) is 3.78. The number of benzene rings is 2. The van der Waals surface area contributed by atoms with Crippen molar-refractivity contribution in [3.8, 4) is 0 Å². The summed E-state index contributed by atoms with van der Waals surface area (Å²) < 4.78 is 33.4. The molecule has 0 spiro atoms. The Hall–Kier alpha value is -2.64. The number of oxazole rings is 1. The second-order valence-electron chi connectivity index (χ2n) is 7.27. The molecule has 0 bridgehead atoms. The van der Waals surface area contributed by atoms with Gasteiger partial charge in [0.2, 0.25) is 5.88 Å². The highest BCUT2D eigenvalue weighted by molar-refractivity contribution is 7.93. The van der Waals surface area contributed by atoms with E-state index >= 15 is 0 Å². The molecule has 0 amide bonds. The molecule has 2 aromatic carbocycles. The van der Waals surface area contributed by atoms with Crippen LogP contribution in [0.1, 0.15) is 30.9 Å². The highest BCUT2D eigenvalue weighted by atomic mass is 32.2.